The molecule has 1 amide bonds. The molecule has 0 bridgehead atoms. The number of aromatic nitrogens is 2. The molecule has 0 radical (unpaired) electrons. The lowest BCUT2D eigenvalue weighted by Gasteiger charge is -2.22. The fourth-order valence-corrected chi connectivity index (χ4v) is 3.63. The first kappa shape index (κ1) is 29.7. The number of rotatable bonds is 7. The molecule has 0 saturated carbocycles. The number of hydrogen-bond donors (Lipinski definition) is 0. The van der Waals surface area contributed by atoms with Crippen LogP contribution in [0.3, 0.4) is 0 Å². The molecule has 1 aromatic heterocycles. The van der Waals surface area contributed by atoms with Gasteiger partial charge in [-0.2, -0.15) is 34.8 Å². The van der Waals surface area contributed by atoms with Crippen molar-refractivity contribution >= 4 is 21.9 Å². The summed E-state index contributed by atoms with van der Waals surface area (Å²) in [5.41, 5.74) is -6.10. The summed E-state index contributed by atoms with van der Waals surface area (Å²) in [7, 11) is -2.85. The van der Waals surface area contributed by atoms with Crippen LogP contribution in [0.25, 0.3) is 5.69 Å². The average Bonchev–Trinajstić information content (AvgIpc) is 3.16. The maximum atomic E-state index is 13.9. The van der Waals surface area contributed by atoms with Gasteiger partial charge in [-0.3, -0.25) is 18.2 Å². The standard InChI is InChI=1S/C22H18F7N3O6S/c1-30(15-5-3-14(23)4-6-15)20(34)38-18-16(22(27,28)29)11-13(21(24,25)26)12-17(18)32-8-7-31(19(32)33)9-10-37-39(2,35)36/h3-8,11-12H,9-10H2,1-2H3. The molecule has 0 fully saturated rings. The Labute approximate surface area is 215 Å². The summed E-state index contributed by atoms with van der Waals surface area (Å²) in [6.07, 6.45) is -9.78. The fraction of sp³-hybridized carbons (Fsp3) is 0.273. The molecule has 0 saturated heterocycles. The van der Waals surface area contributed by atoms with E-state index in [9.17, 15) is 48.7 Å². The van der Waals surface area contributed by atoms with E-state index >= 15 is 0 Å². The molecule has 3 aromatic rings. The molecule has 39 heavy (non-hydrogen) atoms. The summed E-state index contributed by atoms with van der Waals surface area (Å²) in [6.45, 7) is -1.00. The monoisotopic (exact) mass is 585 g/mol. The Morgan fingerprint density at radius 1 is 1.00 bits per heavy atom. The number of benzene rings is 2. The highest BCUT2D eigenvalue weighted by atomic mass is 32.2. The van der Waals surface area contributed by atoms with Crippen molar-refractivity contribution in [3.05, 3.63) is 76.2 Å². The highest BCUT2D eigenvalue weighted by Crippen LogP contribution is 2.44. The van der Waals surface area contributed by atoms with Crippen molar-refractivity contribution in [2.45, 2.75) is 18.9 Å². The number of nitrogens with zero attached hydrogens (tertiary/aromatic N) is 3. The second-order valence-corrected chi connectivity index (χ2v) is 9.59. The number of halogens is 7. The van der Waals surface area contributed by atoms with Gasteiger partial charge in [0.15, 0.2) is 5.75 Å². The van der Waals surface area contributed by atoms with Crippen LogP contribution in [0.2, 0.25) is 0 Å². The van der Waals surface area contributed by atoms with Crippen LogP contribution in [0, 0.1) is 5.82 Å². The minimum Gasteiger partial charge on any atom is -0.407 e. The number of ether oxygens (including phenoxy) is 1. The third kappa shape index (κ3) is 7.17. The van der Waals surface area contributed by atoms with Gasteiger partial charge < -0.3 is 4.74 Å². The number of amides is 1. The first-order valence-electron chi connectivity index (χ1n) is 10.5. The van der Waals surface area contributed by atoms with Crippen molar-refractivity contribution < 1.29 is 52.9 Å². The molecule has 0 unspecified atom stereocenters. The predicted octanol–water partition coefficient (Wildman–Crippen LogP) is 4.43. The van der Waals surface area contributed by atoms with Crippen LogP contribution in [0.1, 0.15) is 11.1 Å². The molecule has 0 N–H and O–H groups in total. The molecule has 17 heteroatoms. The van der Waals surface area contributed by atoms with E-state index in [0.29, 0.717) is 9.47 Å². The second-order valence-electron chi connectivity index (χ2n) is 7.94. The van der Waals surface area contributed by atoms with E-state index in [4.69, 9.17) is 4.74 Å². The lowest BCUT2D eigenvalue weighted by Crippen LogP contribution is -2.31. The summed E-state index contributed by atoms with van der Waals surface area (Å²) >= 11 is 0. The van der Waals surface area contributed by atoms with E-state index in [1.807, 2.05) is 0 Å². The SMILES string of the molecule is CN(C(=O)Oc1c(-n2ccn(CCOS(C)(=O)=O)c2=O)cc(C(F)(F)F)cc1C(F)(F)F)c1ccc(F)cc1. The molecular weight excluding hydrogens is 567 g/mol. The average molecular weight is 585 g/mol. The Bertz CT molecular complexity index is 1530. The van der Waals surface area contributed by atoms with Crippen LogP contribution in [-0.4, -0.2) is 43.6 Å². The van der Waals surface area contributed by atoms with Gasteiger partial charge in [0.05, 0.1) is 30.7 Å². The van der Waals surface area contributed by atoms with E-state index < -0.39 is 75.8 Å². The van der Waals surface area contributed by atoms with Crippen LogP contribution in [0.15, 0.2) is 53.6 Å². The number of carbonyl (C=O) groups excluding carboxylic acids is 1. The summed E-state index contributed by atoms with van der Waals surface area (Å²) in [4.78, 5) is 26.2. The zero-order valence-electron chi connectivity index (χ0n) is 19.9. The highest BCUT2D eigenvalue weighted by Gasteiger charge is 2.42. The minimum absolute atomic E-state index is 0.0300. The summed E-state index contributed by atoms with van der Waals surface area (Å²) in [5.74, 6) is -2.10. The van der Waals surface area contributed by atoms with E-state index in [0.717, 1.165) is 54.5 Å². The Balaban J connectivity index is 2.15. The third-order valence-corrected chi connectivity index (χ3v) is 5.71. The molecule has 0 atom stereocenters. The molecule has 1 heterocycles. The number of imidazole rings is 1. The summed E-state index contributed by atoms with van der Waals surface area (Å²) in [5, 5.41) is 0. The molecule has 3 rings (SSSR count). The first-order valence-corrected chi connectivity index (χ1v) is 12.4. The van der Waals surface area contributed by atoms with E-state index in [2.05, 4.69) is 4.18 Å². The van der Waals surface area contributed by atoms with Crippen LogP contribution < -0.4 is 15.3 Å². The summed E-state index contributed by atoms with van der Waals surface area (Å²) in [6, 6.07) is 4.00. The zero-order valence-corrected chi connectivity index (χ0v) is 20.7. The van der Waals surface area contributed by atoms with Gasteiger partial charge in [-0.1, -0.05) is 0 Å². The van der Waals surface area contributed by atoms with E-state index in [-0.39, 0.29) is 17.8 Å². The molecule has 0 aliphatic heterocycles. The highest BCUT2D eigenvalue weighted by molar-refractivity contribution is 7.85. The molecule has 0 aliphatic rings. The van der Waals surface area contributed by atoms with Gasteiger partial charge in [0.25, 0.3) is 10.1 Å². The lowest BCUT2D eigenvalue weighted by molar-refractivity contribution is -0.143. The Morgan fingerprint density at radius 3 is 2.15 bits per heavy atom. The normalized spacial score (nSPS) is 12.4. The Hall–Kier alpha value is -3.86. The van der Waals surface area contributed by atoms with Gasteiger partial charge in [0, 0.05) is 25.1 Å². The molecule has 0 spiro atoms. The molecule has 0 aliphatic carbocycles. The molecule has 9 nitrogen and oxygen atoms in total. The van der Waals surface area contributed by atoms with Gasteiger partial charge in [-0.15, -0.1) is 0 Å². The van der Waals surface area contributed by atoms with Gasteiger partial charge in [-0.25, -0.2) is 14.0 Å². The number of hydrogen-bond acceptors (Lipinski definition) is 6. The third-order valence-electron chi connectivity index (χ3n) is 5.12. The van der Waals surface area contributed by atoms with Crippen molar-refractivity contribution in [1.29, 1.82) is 0 Å². The van der Waals surface area contributed by atoms with Crippen molar-refractivity contribution in [3.63, 3.8) is 0 Å². The fourth-order valence-electron chi connectivity index (χ4n) is 3.25. The van der Waals surface area contributed by atoms with E-state index in [1.54, 1.807) is 0 Å². The second kappa shape index (κ2) is 10.7. The smallest absolute Gasteiger partial charge is 0.407 e. The maximum Gasteiger partial charge on any atom is 0.420 e. The molecule has 212 valence electrons. The lowest BCUT2D eigenvalue weighted by atomic mass is 10.1. The van der Waals surface area contributed by atoms with Gasteiger partial charge in [0.2, 0.25) is 0 Å². The topological polar surface area (TPSA) is 99.8 Å². The van der Waals surface area contributed by atoms with Crippen molar-refractivity contribution in [2.24, 2.45) is 0 Å². The van der Waals surface area contributed by atoms with Crippen molar-refractivity contribution in [1.82, 2.24) is 9.13 Å². The molecule has 2 aromatic carbocycles. The van der Waals surface area contributed by atoms with Crippen LogP contribution in [0.5, 0.6) is 5.75 Å². The van der Waals surface area contributed by atoms with Gasteiger partial charge in [0.1, 0.15) is 11.4 Å². The zero-order chi connectivity index (χ0) is 29.3. The number of carbonyl (C=O) groups is 1. The Morgan fingerprint density at radius 2 is 1.62 bits per heavy atom. The van der Waals surface area contributed by atoms with E-state index in [1.165, 1.54) is 0 Å². The maximum absolute atomic E-state index is 13.9. The molecular formula is C22H18F7N3O6S. The van der Waals surface area contributed by atoms with Gasteiger partial charge in [-0.05, 0) is 36.4 Å². The van der Waals surface area contributed by atoms with Crippen LogP contribution in [0.4, 0.5) is 41.2 Å². The Kier molecular flexibility index (Phi) is 8.16. The number of alkyl halides is 6. The minimum atomic E-state index is -5.48. The van der Waals surface area contributed by atoms with Crippen LogP contribution in [-0.2, 0) is 33.2 Å². The first-order chi connectivity index (χ1) is 17.9. The number of anilines is 1. The predicted molar refractivity (Wildman–Crippen MR) is 122 cm³/mol. The summed E-state index contributed by atoms with van der Waals surface area (Å²) < 4.78 is 128. The van der Waals surface area contributed by atoms with Gasteiger partial charge >= 0.3 is 24.1 Å². The quantitative estimate of drug-likeness (QED) is 0.301. The van der Waals surface area contributed by atoms with Crippen molar-refractivity contribution in [2.75, 3.05) is 24.8 Å². The largest absolute Gasteiger partial charge is 0.420 e. The van der Waals surface area contributed by atoms with Crippen molar-refractivity contribution in [3.8, 4) is 11.4 Å². The van der Waals surface area contributed by atoms with Crippen LogP contribution >= 0.6 is 0 Å².